The van der Waals surface area contributed by atoms with Gasteiger partial charge in [-0.2, -0.15) is 13.2 Å². The SMILES string of the molecule is OC(CNc1ccccc1C(F)(F)F)CC1CCCC1. The average Bonchev–Trinajstić information content (AvgIpc) is 2.88. The zero-order valence-corrected chi connectivity index (χ0v) is 11.3. The van der Waals surface area contributed by atoms with E-state index in [1.165, 1.54) is 25.0 Å². The first-order chi connectivity index (χ1) is 9.47. The highest BCUT2D eigenvalue weighted by atomic mass is 19.4. The van der Waals surface area contributed by atoms with Gasteiger partial charge in [0.15, 0.2) is 0 Å². The summed E-state index contributed by atoms with van der Waals surface area (Å²) < 4.78 is 38.4. The molecule has 1 atom stereocenters. The molecule has 1 aliphatic carbocycles. The van der Waals surface area contributed by atoms with Gasteiger partial charge in [0.25, 0.3) is 0 Å². The minimum atomic E-state index is -4.38. The Kier molecular flexibility index (Phi) is 4.91. The van der Waals surface area contributed by atoms with E-state index in [0.717, 1.165) is 18.9 Å². The fourth-order valence-electron chi connectivity index (χ4n) is 2.83. The van der Waals surface area contributed by atoms with Crippen LogP contribution in [0.5, 0.6) is 0 Å². The number of anilines is 1. The Bertz CT molecular complexity index is 427. The molecule has 0 aliphatic heterocycles. The molecule has 0 bridgehead atoms. The Balaban J connectivity index is 1.90. The third-order valence-corrected chi connectivity index (χ3v) is 3.84. The van der Waals surface area contributed by atoms with Gasteiger partial charge in [-0.1, -0.05) is 37.8 Å². The molecule has 1 aromatic rings. The van der Waals surface area contributed by atoms with Crippen molar-refractivity contribution in [3.63, 3.8) is 0 Å². The molecule has 5 heteroatoms. The van der Waals surface area contributed by atoms with Gasteiger partial charge in [0.1, 0.15) is 0 Å². The summed E-state index contributed by atoms with van der Waals surface area (Å²) in [7, 11) is 0. The second-order valence-corrected chi connectivity index (χ2v) is 5.46. The van der Waals surface area contributed by atoms with Gasteiger partial charge < -0.3 is 10.4 Å². The van der Waals surface area contributed by atoms with Gasteiger partial charge in [0.05, 0.1) is 11.7 Å². The maximum absolute atomic E-state index is 12.8. The first-order valence-corrected chi connectivity index (χ1v) is 7.05. The minimum Gasteiger partial charge on any atom is -0.391 e. The molecular formula is C15H20F3NO. The second kappa shape index (κ2) is 6.48. The number of aliphatic hydroxyl groups is 1. The number of hydrogen-bond donors (Lipinski definition) is 2. The lowest BCUT2D eigenvalue weighted by Gasteiger charge is -2.19. The predicted molar refractivity (Wildman–Crippen MR) is 72.5 cm³/mol. The van der Waals surface area contributed by atoms with Crippen LogP contribution in [0.25, 0.3) is 0 Å². The molecule has 112 valence electrons. The molecule has 1 fully saturated rings. The lowest BCUT2D eigenvalue weighted by molar-refractivity contribution is -0.137. The number of rotatable bonds is 5. The lowest BCUT2D eigenvalue weighted by Crippen LogP contribution is -2.23. The monoisotopic (exact) mass is 287 g/mol. The van der Waals surface area contributed by atoms with Crippen molar-refractivity contribution < 1.29 is 18.3 Å². The number of para-hydroxylation sites is 1. The van der Waals surface area contributed by atoms with Gasteiger partial charge in [-0.05, 0) is 24.5 Å². The second-order valence-electron chi connectivity index (χ2n) is 5.46. The van der Waals surface area contributed by atoms with Crippen LogP contribution in [0, 0.1) is 5.92 Å². The summed E-state index contributed by atoms with van der Waals surface area (Å²) in [6.45, 7) is 0.156. The predicted octanol–water partition coefficient (Wildman–Crippen LogP) is 4.06. The Morgan fingerprint density at radius 3 is 2.50 bits per heavy atom. The molecule has 0 spiro atoms. The molecule has 0 amide bonds. The van der Waals surface area contributed by atoms with Crippen molar-refractivity contribution in [2.75, 3.05) is 11.9 Å². The van der Waals surface area contributed by atoms with E-state index < -0.39 is 17.8 Å². The molecule has 2 rings (SSSR count). The van der Waals surface area contributed by atoms with Crippen LogP contribution in [0.4, 0.5) is 18.9 Å². The maximum Gasteiger partial charge on any atom is 0.418 e. The van der Waals surface area contributed by atoms with Gasteiger partial charge in [0.2, 0.25) is 0 Å². The van der Waals surface area contributed by atoms with E-state index in [2.05, 4.69) is 5.32 Å². The van der Waals surface area contributed by atoms with E-state index in [1.54, 1.807) is 6.07 Å². The molecule has 0 radical (unpaired) electrons. The maximum atomic E-state index is 12.8. The molecule has 20 heavy (non-hydrogen) atoms. The van der Waals surface area contributed by atoms with Gasteiger partial charge in [0, 0.05) is 12.2 Å². The van der Waals surface area contributed by atoms with Crippen molar-refractivity contribution in [1.82, 2.24) is 0 Å². The quantitative estimate of drug-likeness (QED) is 0.856. The van der Waals surface area contributed by atoms with Crippen LogP contribution in [0.2, 0.25) is 0 Å². The van der Waals surface area contributed by atoms with Gasteiger partial charge >= 0.3 is 6.18 Å². The molecular weight excluding hydrogens is 267 g/mol. The zero-order chi connectivity index (χ0) is 14.6. The van der Waals surface area contributed by atoms with E-state index in [1.807, 2.05) is 0 Å². The summed E-state index contributed by atoms with van der Waals surface area (Å²) in [5.41, 5.74) is -0.654. The zero-order valence-electron chi connectivity index (χ0n) is 11.3. The first-order valence-electron chi connectivity index (χ1n) is 7.05. The summed E-state index contributed by atoms with van der Waals surface area (Å²) in [6, 6.07) is 5.36. The summed E-state index contributed by atoms with van der Waals surface area (Å²) in [5, 5.41) is 12.6. The van der Waals surface area contributed by atoms with E-state index in [-0.39, 0.29) is 12.2 Å². The van der Waals surface area contributed by atoms with Crippen molar-refractivity contribution in [1.29, 1.82) is 0 Å². The number of benzene rings is 1. The molecule has 0 aromatic heterocycles. The van der Waals surface area contributed by atoms with Gasteiger partial charge in [-0.15, -0.1) is 0 Å². The molecule has 0 saturated heterocycles. The van der Waals surface area contributed by atoms with Crippen molar-refractivity contribution in [2.24, 2.45) is 5.92 Å². The topological polar surface area (TPSA) is 32.3 Å². The minimum absolute atomic E-state index is 0.0328. The Labute approximate surface area is 117 Å². The van der Waals surface area contributed by atoms with Crippen molar-refractivity contribution in [3.8, 4) is 0 Å². The Hall–Kier alpha value is -1.23. The fourth-order valence-corrected chi connectivity index (χ4v) is 2.83. The largest absolute Gasteiger partial charge is 0.418 e. The summed E-state index contributed by atoms with van der Waals surface area (Å²) >= 11 is 0. The number of nitrogens with one attached hydrogen (secondary N) is 1. The standard InChI is InChI=1S/C15H20F3NO/c16-15(17,18)13-7-3-4-8-14(13)19-10-12(20)9-11-5-1-2-6-11/h3-4,7-8,11-12,19-20H,1-2,5-6,9-10H2. The molecule has 1 aliphatic rings. The third kappa shape index (κ3) is 4.13. The first kappa shape index (κ1) is 15.2. The summed E-state index contributed by atoms with van der Waals surface area (Å²) in [5.74, 6) is 0.518. The molecule has 0 heterocycles. The van der Waals surface area contributed by atoms with E-state index >= 15 is 0 Å². The van der Waals surface area contributed by atoms with E-state index in [9.17, 15) is 18.3 Å². The van der Waals surface area contributed by atoms with Crippen molar-refractivity contribution >= 4 is 5.69 Å². The van der Waals surface area contributed by atoms with Gasteiger partial charge in [-0.25, -0.2) is 0 Å². The number of alkyl halides is 3. The van der Waals surface area contributed by atoms with Crippen LogP contribution in [0.3, 0.4) is 0 Å². The highest BCUT2D eigenvalue weighted by Gasteiger charge is 2.33. The Morgan fingerprint density at radius 1 is 1.20 bits per heavy atom. The van der Waals surface area contributed by atoms with Crippen LogP contribution in [-0.4, -0.2) is 17.8 Å². The normalized spacial score (nSPS) is 18.2. The van der Waals surface area contributed by atoms with Gasteiger partial charge in [-0.3, -0.25) is 0 Å². The molecule has 1 saturated carbocycles. The molecule has 2 nitrogen and oxygen atoms in total. The van der Waals surface area contributed by atoms with Crippen molar-refractivity contribution in [2.45, 2.75) is 44.4 Å². The average molecular weight is 287 g/mol. The molecule has 1 aromatic carbocycles. The van der Waals surface area contributed by atoms with Crippen LogP contribution in [0.15, 0.2) is 24.3 Å². The van der Waals surface area contributed by atoms with Crippen LogP contribution in [0.1, 0.15) is 37.7 Å². The molecule has 2 N–H and O–H groups in total. The number of hydrogen-bond acceptors (Lipinski definition) is 2. The van der Waals surface area contributed by atoms with Crippen molar-refractivity contribution in [3.05, 3.63) is 29.8 Å². The van der Waals surface area contributed by atoms with Crippen LogP contribution < -0.4 is 5.32 Å². The number of halogens is 3. The number of aliphatic hydroxyl groups excluding tert-OH is 1. The fraction of sp³-hybridized carbons (Fsp3) is 0.600. The molecule has 1 unspecified atom stereocenters. The smallest absolute Gasteiger partial charge is 0.391 e. The summed E-state index contributed by atoms with van der Waals surface area (Å²) in [6.07, 6.45) is 0.330. The third-order valence-electron chi connectivity index (χ3n) is 3.84. The Morgan fingerprint density at radius 2 is 1.85 bits per heavy atom. The van der Waals surface area contributed by atoms with E-state index in [0.29, 0.717) is 12.3 Å². The van der Waals surface area contributed by atoms with Crippen LogP contribution in [-0.2, 0) is 6.18 Å². The highest BCUT2D eigenvalue weighted by molar-refractivity contribution is 5.52. The van der Waals surface area contributed by atoms with E-state index in [4.69, 9.17) is 0 Å². The summed E-state index contributed by atoms with van der Waals surface area (Å²) in [4.78, 5) is 0. The lowest BCUT2D eigenvalue weighted by atomic mass is 10.00. The van der Waals surface area contributed by atoms with Crippen LogP contribution >= 0.6 is 0 Å². The highest BCUT2D eigenvalue weighted by Crippen LogP contribution is 2.34.